The number of nitrogens with zero attached hydrogens (tertiary/aromatic N) is 4. The third kappa shape index (κ3) is 1.81. The predicted molar refractivity (Wildman–Crippen MR) is 55.7 cm³/mol. The number of carbonyl (C=O) groups excluding carboxylic acids is 1. The van der Waals surface area contributed by atoms with Crippen molar-refractivity contribution < 1.29 is 9.18 Å². The van der Waals surface area contributed by atoms with Crippen LogP contribution >= 0.6 is 11.6 Å². The van der Waals surface area contributed by atoms with Crippen molar-refractivity contribution in [3.8, 4) is 0 Å². The number of nitrogens with one attached hydrogen (secondary N) is 1. The van der Waals surface area contributed by atoms with Gasteiger partial charge < -0.3 is 5.32 Å². The number of alkyl halides is 2. The maximum atomic E-state index is 12.5. The minimum Gasteiger partial charge on any atom is -0.304 e. The van der Waals surface area contributed by atoms with E-state index in [1.807, 2.05) is 0 Å². The molecule has 6 nitrogen and oxygen atoms in total. The number of fused-ring (bicyclic) bond motifs is 1. The number of amides is 1. The van der Waals surface area contributed by atoms with Gasteiger partial charge in [0.15, 0.2) is 17.0 Å². The van der Waals surface area contributed by atoms with Crippen LogP contribution in [0.4, 0.5) is 10.2 Å². The molecule has 1 N–H and O–H groups in total. The number of rotatable bonds is 2. The van der Waals surface area contributed by atoms with E-state index in [-0.39, 0.29) is 5.82 Å². The molecule has 0 aliphatic heterocycles. The summed E-state index contributed by atoms with van der Waals surface area (Å²) in [6.45, 7) is 0. The van der Waals surface area contributed by atoms with Crippen molar-refractivity contribution in [2.45, 2.75) is 5.63 Å². The summed E-state index contributed by atoms with van der Waals surface area (Å²) < 4.78 is 13.9. The first-order chi connectivity index (χ1) is 7.59. The Morgan fingerprint density at radius 2 is 2.25 bits per heavy atom. The SMILES string of the molecule is Cn1nc(NC(=O)C(F)Cl)c2nccnc21. The van der Waals surface area contributed by atoms with E-state index in [0.29, 0.717) is 11.2 Å². The van der Waals surface area contributed by atoms with Crippen LogP contribution in [0, 0.1) is 0 Å². The average molecular weight is 244 g/mol. The van der Waals surface area contributed by atoms with E-state index in [0.717, 1.165) is 0 Å². The first kappa shape index (κ1) is 10.7. The van der Waals surface area contributed by atoms with Crippen LogP contribution in [0.3, 0.4) is 0 Å². The monoisotopic (exact) mass is 243 g/mol. The number of anilines is 1. The second kappa shape index (κ2) is 4.01. The zero-order valence-electron chi connectivity index (χ0n) is 8.19. The minimum absolute atomic E-state index is 0.138. The predicted octanol–water partition coefficient (Wildman–Crippen LogP) is 0.836. The number of hydrogen-bond donors (Lipinski definition) is 1. The van der Waals surface area contributed by atoms with E-state index in [1.165, 1.54) is 17.1 Å². The van der Waals surface area contributed by atoms with Gasteiger partial charge in [-0.05, 0) is 0 Å². The topological polar surface area (TPSA) is 72.7 Å². The molecule has 1 unspecified atom stereocenters. The molecule has 2 aromatic heterocycles. The van der Waals surface area contributed by atoms with E-state index < -0.39 is 11.5 Å². The van der Waals surface area contributed by atoms with Crippen LogP contribution in [0.25, 0.3) is 11.2 Å². The zero-order chi connectivity index (χ0) is 11.7. The molecule has 0 radical (unpaired) electrons. The summed E-state index contributed by atoms with van der Waals surface area (Å²) in [5, 5.41) is 6.17. The molecule has 8 heteroatoms. The van der Waals surface area contributed by atoms with Crippen molar-refractivity contribution in [1.29, 1.82) is 0 Å². The molecule has 0 saturated carbocycles. The molecule has 0 fully saturated rings. The fraction of sp³-hybridized carbons (Fsp3) is 0.250. The van der Waals surface area contributed by atoms with Gasteiger partial charge in [-0.3, -0.25) is 4.79 Å². The largest absolute Gasteiger partial charge is 0.304 e. The minimum atomic E-state index is -2.12. The number of aromatic nitrogens is 4. The fourth-order valence-corrected chi connectivity index (χ4v) is 1.29. The van der Waals surface area contributed by atoms with Gasteiger partial charge in [-0.15, -0.1) is 0 Å². The first-order valence-corrected chi connectivity index (χ1v) is 4.76. The Morgan fingerprint density at radius 1 is 1.56 bits per heavy atom. The van der Waals surface area contributed by atoms with Crippen molar-refractivity contribution in [2.75, 3.05) is 5.32 Å². The molecular formula is C8H7ClFN5O. The Balaban J connectivity index is 2.42. The van der Waals surface area contributed by atoms with E-state index in [2.05, 4.69) is 20.4 Å². The van der Waals surface area contributed by atoms with Gasteiger partial charge in [0.05, 0.1) is 0 Å². The third-order valence-corrected chi connectivity index (χ3v) is 2.10. The Hall–Kier alpha value is -1.76. The van der Waals surface area contributed by atoms with Crippen LogP contribution in [0.5, 0.6) is 0 Å². The van der Waals surface area contributed by atoms with Crippen molar-refractivity contribution >= 4 is 34.5 Å². The number of halogens is 2. The molecule has 84 valence electrons. The Kier molecular flexibility index (Phi) is 2.69. The van der Waals surface area contributed by atoms with Gasteiger partial charge in [-0.25, -0.2) is 19.0 Å². The highest BCUT2D eigenvalue weighted by molar-refractivity contribution is 6.31. The van der Waals surface area contributed by atoms with Crippen LogP contribution in [0.2, 0.25) is 0 Å². The van der Waals surface area contributed by atoms with Crippen LogP contribution in [-0.2, 0) is 11.8 Å². The second-order valence-electron chi connectivity index (χ2n) is 2.99. The van der Waals surface area contributed by atoms with E-state index in [1.54, 1.807) is 7.05 Å². The van der Waals surface area contributed by atoms with Gasteiger partial charge in [0.2, 0.25) is 0 Å². The van der Waals surface area contributed by atoms with Gasteiger partial charge in [-0.2, -0.15) is 5.10 Å². The van der Waals surface area contributed by atoms with Gasteiger partial charge in [0.25, 0.3) is 11.5 Å². The Labute approximate surface area is 94.4 Å². The van der Waals surface area contributed by atoms with Crippen LogP contribution in [-0.4, -0.2) is 31.3 Å². The van der Waals surface area contributed by atoms with Crippen LogP contribution < -0.4 is 5.32 Å². The highest BCUT2D eigenvalue weighted by atomic mass is 35.5. The lowest BCUT2D eigenvalue weighted by Gasteiger charge is -2.00. The summed E-state index contributed by atoms with van der Waals surface area (Å²) in [6.07, 6.45) is 2.95. The highest BCUT2D eigenvalue weighted by Gasteiger charge is 2.18. The van der Waals surface area contributed by atoms with Crippen molar-refractivity contribution in [3.05, 3.63) is 12.4 Å². The lowest BCUT2D eigenvalue weighted by molar-refractivity contribution is -0.118. The maximum Gasteiger partial charge on any atom is 0.275 e. The molecule has 0 saturated heterocycles. The summed E-state index contributed by atoms with van der Waals surface area (Å²) in [7, 11) is 1.64. The summed E-state index contributed by atoms with van der Waals surface area (Å²) in [5.41, 5.74) is -1.24. The van der Waals surface area contributed by atoms with Crippen molar-refractivity contribution in [1.82, 2.24) is 19.7 Å². The van der Waals surface area contributed by atoms with Crippen molar-refractivity contribution in [3.63, 3.8) is 0 Å². The Bertz CT molecular complexity index is 540. The van der Waals surface area contributed by atoms with Gasteiger partial charge in [0.1, 0.15) is 0 Å². The molecule has 0 bridgehead atoms. The van der Waals surface area contributed by atoms with E-state index in [4.69, 9.17) is 11.6 Å². The smallest absolute Gasteiger partial charge is 0.275 e. The molecule has 1 atom stereocenters. The molecule has 2 aromatic rings. The summed E-state index contributed by atoms with van der Waals surface area (Å²) in [5.74, 6) is -0.841. The van der Waals surface area contributed by atoms with Gasteiger partial charge in [0, 0.05) is 19.4 Å². The fourth-order valence-electron chi connectivity index (χ4n) is 1.23. The number of hydrogen-bond acceptors (Lipinski definition) is 4. The third-order valence-electron chi connectivity index (χ3n) is 1.90. The van der Waals surface area contributed by atoms with Gasteiger partial charge in [-0.1, -0.05) is 11.6 Å². The lowest BCUT2D eigenvalue weighted by Crippen LogP contribution is -2.19. The Morgan fingerprint density at radius 3 is 2.94 bits per heavy atom. The normalized spacial score (nSPS) is 12.7. The van der Waals surface area contributed by atoms with Gasteiger partial charge >= 0.3 is 0 Å². The quantitative estimate of drug-likeness (QED) is 0.794. The van der Waals surface area contributed by atoms with Crippen molar-refractivity contribution in [2.24, 2.45) is 7.05 Å². The molecule has 2 heterocycles. The van der Waals surface area contributed by atoms with E-state index in [9.17, 15) is 9.18 Å². The molecule has 0 aliphatic carbocycles. The second-order valence-corrected chi connectivity index (χ2v) is 3.37. The van der Waals surface area contributed by atoms with Crippen LogP contribution in [0.1, 0.15) is 0 Å². The number of carbonyl (C=O) groups is 1. The average Bonchev–Trinajstić information content (AvgIpc) is 2.57. The molecule has 0 aliphatic rings. The molecule has 1 amide bonds. The summed E-state index contributed by atoms with van der Waals surface area (Å²) in [6, 6.07) is 0. The molecule has 2 rings (SSSR count). The summed E-state index contributed by atoms with van der Waals surface area (Å²) in [4.78, 5) is 19.1. The molecule has 0 aromatic carbocycles. The highest BCUT2D eigenvalue weighted by Crippen LogP contribution is 2.17. The number of aryl methyl sites for hydroxylation is 1. The molecular weight excluding hydrogens is 237 g/mol. The zero-order valence-corrected chi connectivity index (χ0v) is 8.94. The van der Waals surface area contributed by atoms with E-state index >= 15 is 0 Å². The standard InChI is InChI=1S/C8H7ClFN5O/c1-15-7-4(11-2-3-12-7)6(14-15)13-8(16)5(9)10/h2-3,5H,1H3,(H,13,14,16). The van der Waals surface area contributed by atoms with Crippen LogP contribution in [0.15, 0.2) is 12.4 Å². The maximum absolute atomic E-state index is 12.5. The first-order valence-electron chi connectivity index (χ1n) is 4.32. The lowest BCUT2D eigenvalue weighted by atomic mass is 10.5. The molecule has 16 heavy (non-hydrogen) atoms. The molecule has 0 spiro atoms. The summed E-state index contributed by atoms with van der Waals surface area (Å²) >= 11 is 4.99.